The smallest absolute Gasteiger partial charge is 0.366 e. The lowest BCUT2D eigenvalue weighted by atomic mass is 10.1. The van der Waals surface area contributed by atoms with Gasteiger partial charge in [0.2, 0.25) is 0 Å². The van der Waals surface area contributed by atoms with Crippen molar-refractivity contribution in [2.75, 3.05) is 18.9 Å². The molecule has 138 valence electrons. The number of anilines is 1. The Kier molecular flexibility index (Phi) is 5.08. The second kappa shape index (κ2) is 7.28. The molecule has 2 heterocycles. The monoisotopic (exact) mass is 364 g/mol. The van der Waals surface area contributed by atoms with Gasteiger partial charge in [0.1, 0.15) is 12.1 Å². The van der Waals surface area contributed by atoms with E-state index in [1.165, 1.54) is 10.8 Å². The van der Waals surface area contributed by atoms with E-state index in [9.17, 15) is 13.2 Å². The van der Waals surface area contributed by atoms with E-state index in [2.05, 4.69) is 32.2 Å². The minimum atomic E-state index is -4.55. The third-order valence-corrected chi connectivity index (χ3v) is 4.00. The number of fused-ring (bicyclic) bond motifs is 1. The SMILES string of the molecule is CCN(C)Cc1cccc(CNc2cc(C(F)(F)F)nc3ncnn23)c1. The molecule has 9 heteroatoms. The molecule has 0 bridgehead atoms. The topological polar surface area (TPSA) is 58.3 Å². The van der Waals surface area contributed by atoms with Gasteiger partial charge in [0.05, 0.1) is 0 Å². The standard InChI is InChI=1S/C17H19F3N6/c1-3-25(2)10-13-6-4-5-12(7-13)9-21-15-8-14(17(18,19)20)24-16-22-11-23-26(15)16/h4-8,11,21H,3,9-10H2,1-2H3. The molecular formula is C17H19F3N6. The zero-order valence-electron chi connectivity index (χ0n) is 14.5. The highest BCUT2D eigenvalue weighted by molar-refractivity contribution is 5.46. The van der Waals surface area contributed by atoms with Crippen molar-refractivity contribution in [3.8, 4) is 0 Å². The van der Waals surface area contributed by atoms with Gasteiger partial charge in [-0.3, -0.25) is 0 Å². The van der Waals surface area contributed by atoms with E-state index in [-0.39, 0.29) is 11.6 Å². The molecule has 3 rings (SSSR count). The number of alkyl halides is 3. The molecule has 0 spiro atoms. The van der Waals surface area contributed by atoms with Crippen LogP contribution in [0.25, 0.3) is 5.78 Å². The zero-order chi connectivity index (χ0) is 18.7. The summed E-state index contributed by atoms with van der Waals surface area (Å²) >= 11 is 0. The normalized spacial score (nSPS) is 12.1. The van der Waals surface area contributed by atoms with Crippen LogP contribution < -0.4 is 5.32 Å². The minimum Gasteiger partial charge on any atom is -0.366 e. The Morgan fingerprint density at radius 3 is 2.69 bits per heavy atom. The quantitative estimate of drug-likeness (QED) is 0.728. The molecule has 0 unspecified atom stereocenters. The van der Waals surface area contributed by atoms with Crippen LogP contribution in [-0.2, 0) is 19.3 Å². The zero-order valence-corrected chi connectivity index (χ0v) is 14.5. The van der Waals surface area contributed by atoms with Gasteiger partial charge in [0.25, 0.3) is 5.78 Å². The fourth-order valence-corrected chi connectivity index (χ4v) is 2.54. The van der Waals surface area contributed by atoms with Crippen LogP contribution in [0.2, 0.25) is 0 Å². The molecule has 0 aliphatic carbocycles. The van der Waals surface area contributed by atoms with Gasteiger partial charge in [-0.05, 0) is 24.7 Å². The lowest BCUT2D eigenvalue weighted by molar-refractivity contribution is -0.141. The molecule has 6 nitrogen and oxygen atoms in total. The van der Waals surface area contributed by atoms with Gasteiger partial charge in [0.15, 0.2) is 5.69 Å². The molecule has 0 aliphatic rings. The number of rotatable bonds is 6. The highest BCUT2D eigenvalue weighted by atomic mass is 19.4. The van der Waals surface area contributed by atoms with E-state index in [4.69, 9.17) is 0 Å². The minimum absolute atomic E-state index is 0.0966. The second-order valence-electron chi connectivity index (χ2n) is 6.00. The average molecular weight is 364 g/mol. The molecule has 0 saturated heterocycles. The van der Waals surface area contributed by atoms with Crippen LogP contribution in [0.3, 0.4) is 0 Å². The number of hydrogen-bond acceptors (Lipinski definition) is 5. The molecule has 3 aromatic rings. The van der Waals surface area contributed by atoms with Crippen molar-refractivity contribution in [2.24, 2.45) is 0 Å². The summed E-state index contributed by atoms with van der Waals surface area (Å²) in [5.41, 5.74) is 1.11. The van der Waals surface area contributed by atoms with Crippen LogP contribution in [0, 0.1) is 0 Å². The molecule has 2 aromatic heterocycles. The summed E-state index contributed by atoms with van der Waals surface area (Å²) in [5.74, 6) is 0.0940. The van der Waals surface area contributed by atoms with Crippen molar-refractivity contribution in [3.05, 3.63) is 53.5 Å². The van der Waals surface area contributed by atoms with Crippen LogP contribution in [0.1, 0.15) is 23.7 Å². The van der Waals surface area contributed by atoms with E-state index in [1.807, 2.05) is 31.3 Å². The van der Waals surface area contributed by atoms with Crippen molar-refractivity contribution < 1.29 is 13.2 Å². The van der Waals surface area contributed by atoms with Gasteiger partial charge in [-0.25, -0.2) is 4.98 Å². The van der Waals surface area contributed by atoms with Crippen molar-refractivity contribution >= 4 is 11.6 Å². The summed E-state index contributed by atoms with van der Waals surface area (Å²) in [6.45, 7) is 4.19. The summed E-state index contributed by atoms with van der Waals surface area (Å²) in [4.78, 5) is 9.43. The van der Waals surface area contributed by atoms with Gasteiger partial charge >= 0.3 is 6.18 Å². The molecule has 0 fully saturated rings. The molecule has 0 aliphatic heterocycles. The number of halogens is 3. The van der Waals surface area contributed by atoms with Crippen molar-refractivity contribution in [2.45, 2.75) is 26.2 Å². The number of nitrogens with one attached hydrogen (secondary N) is 1. The van der Waals surface area contributed by atoms with Crippen molar-refractivity contribution in [1.29, 1.82) is 0 Å². The number of benzene rings is 1. The second-order valence-corrected chi connectivity index (χ2v) is 6.00. The first-order chi connectivity index (χ1) is 12.4. The maximum absolute atomic E-state index is 13.0. The first kappa shape index (κ1) is 18.1. The van der Waals surface area contributed by atoms with Crippen LogP contribution in [-0.4, -0.2) is 38.1 Å². The number of nitrogens with zero attached hydrogens (tertiary/aromatic N) is 5. The third kappa shape index (κ3) is 4.10. The molecule has 0 radical (unpaired) electrons. The predicted octanol–water partition coefficient (Wildman–Crippen LogP) is 3.21. The highest BCUT2D eigenvalue weighted by Gasteiger charge is 2.34. The van der Waals surface area contributed by atoms with Gasteiger partial charge in [-0.2, -0.15) is 27.8 Å². The Hall–Kier alpha value is -2.68. The average Bonchev–Trinajstić information content (AvgIpc) is 3.08. The summed E-state index contributed by atoms with van der Waals surface area (Å²) in [7, 11) is 2.03. The summed E-state index contributed by atoms with van der Waals surface area (Å²) in [5, 5.41) is 6.93. The van der Waals surface area contributed by atoms with Gasteiger partial charge < -0.3 is 10.2 Å². The summed E-state index contributed by atoms with van der Waals surface area (Å²) < 4.78 is 40.3. The lowest BCUT2D eigenvalue weighted by Crippen LogP contribution is -2.17. The van der Waals surface area contributed by atoms with Crippen LogP contribution >= 0.6 is 0 Å². The van der Waals surface area contributed by atoms with Crippen LogP contribution in [0.15, 0.2) is 36.7 Å². The molecule has 0 amide bonds. The van der Waals surface area contributed by atoms with Gasteiger partial charge in [-0.1, -0.05) is 31.2 Å². The van der Waals surface area contributed by atoms with E-state index < -0.39 is 11.9 Å². The molecule has 0 saturated carbocycles. The van der Waals surface area contributed by atoms with Gasteiger partial charge in [-0.15, -0.1) is 0 Å². The first-order valence-corrected chi connectivity index (χ1v) is 8.15. The van der Waals surface area contributed by atoms with E-state index in [0.717, 1.165) is 30.3 Å². The Morgan fingerprint density at radius 2 is 1.96 bits per heavy atom. The summed E-state index contributed by atoms with van der Waals surface area (Å²) in [6, 6.07) is 8.86. The maximum Gasteiger partial charge on any atom is 0.433 e. The fraction of sp³-hybridized carbons (Fsp3) is 0.353. The van der Waals surface area contributed by atoms with Crippen LogP contribution in [0.4, 0.5) is 19.0 Å². The highest BCUT2D eigenvalue weighted by Crippen LogP contribution is 2.29. The Labute approximate surface area is 148 Å². The third-order valence-electron chi connectivity index (χ3n) is 4.00. The van der Waals surface area contributed by atoms with Crippen molar-refractivity contribution in [3.63, 3.8) is 0 Å². The van der Waals surface area contributed by atoms with E-state index in [0.29, 0.717) is 6.54 Å². The molecule has 26 heavy (non-hydrogen) atoms. The molecular weight excluding hydrogens is 345 g/mol. The van der Waals surface area contributed by atoms with E-state index in [1.54, 1.807) is 0 Å². The lowest BCUT2D eigenvalue weighted by Gasteiger charge is -2.15. The molecule has 1 aromatic carbocycles. The molecule has 1 N–H and O–H groups in total. The maximum atomic E-state index is 13.0. The Bertz CT molecular complexity index is 890. The number of aromatic nitrogens is 4. The van der Waals surface area contributed by atoms with Gasteiger partial charge in [0, 0.05) is 19.2 Å². The first-order valence-electron chi connectivity index (χ1n) is 8.15. The Morgan fingerprint density at radius 1 is 1.19 bits per heavy atom. The molecule has 0 atom stereocenters. The van der Waals surface area contributed by atoms with Crippen molar-refractivity contribution in [1.82, 2.24) is 24.5 Å². The fourth-order valence-electron chi connectivity index (χ4n) is 2.54. The predicted molar refractivity (Wildman–Crippen MR) is 91.6 cm³/mol. The van der Waals surface area contributed by atoms with E-state index >= 15 is 0 Å². The summed E-state index contributed by atoms with van der Waals surface area (Å²) in [6.07, 6.45) is -3.37. The number of hydrogen-bond donors (Lipinski definition) is 1. The Balaban J connectivity index is 1.81. The largest absolute Gasteiger partial charge is 0.433 e. The van der Waals surface area contributed by atoms with Crippen LogP contribution in [0.5, 0.6) is 0 Å².